The molecule has 3 heterocycles. The van der Waals surface area contributed by atoms with Crippen molar-refractivity contribution in [3.63, 3.8) is 0 Å². The summed E-state index contributed by atoms with van der Waals surface area (Å²) in [6.07, 6.45) is 6.89. The predicted molar refractivity (Wildman–Crippen MR) is 138 cm³/mol. The monoisotopic (exact) mass is 486 g/mol. The van der Waals surface area contributed by atoms with E-state index in [4.69, 9.17) is 14.2 Å². The van der Waals surface area contributed by atoms with Gasteiger partial charge < -0.3 is 24.2 Å². The van der Waals surface area contributed by atoms with Gasteiger partial charge in [0, 0.05) is 68.9 Å². The smallest absolute Gasteiger partial charge is 0.336 e. The van der Waals surface area contributed by atoms with Crippen LogP contribution in [0.3, 0.4) is 0 Å². The molecule has 0 saturated carbocycles. The van der Waals surface area contributed by atoms with Gasteiger partial charge in [-0.15, -0.1) is 0 Å². The van der Waals surface area contributed by atoms with Gasteiger partial charge in [0.2, 0.25) is 0 Å². The summed E-state index contributed by atoms with van der Waals surface area (Å²) in [7, 11) is 3.49. The molecule has 4 aliphatic rings. The Bertz CT molecular complexity index is 1320. The molecule has 1 aliphatic carbocycles. The third-order valence-electron chi connectivity index (χ3n) is 7.84. The Morgan fingerprint density at radius 1 is 1.03 bits per heavy atom. The van der Waals surface area contributed by atoms with Gasteiger partial charge in [0.15, 0.2) is 0 Å². The maximum Gasteiger partial charge on any atom is 0.336 e. The summed E-state index contributed by atoms with van der Waals surface area (Å²) in [5, 5.41) is 9.97. The number of ether oxygens (including phenoxy) is 3. The van der Waals surface area contributed by atoms with Crippen molar-refractivity contribution in [3.05, 3.63) is 88.7 Å². The Hall–Kier alpha value is -3.39. The Morgan fingerprint density at radius 2 is 1.75 bits per heavy atom. The van der Waals surface area contributed by atoms with E-state index in [0.29, 0.717) is 5.56 Å². The second kappa shape index (κ2) is 8.62. The highest BCUT2D eigenvalue weighted by Crippen LogP contribution is 2.47. The van der Waals surface area contributed by atoms with Gasteiger partial charge in [0.05, 0.1) is 23.3 Å². The van der Waals surface area contributed by atoms with E-state index in [9.17, 15) is 9.90 Å². The molecule has 7 heteroatoms. The third kappa shape index (κ3) is 3.66. The number of hydrogen-bond acceptors (Lipinski definition) is 6. The van der Waals surface area contributed by atoms with E-state index >= 15 is 0 Å². The molecule has 3 aliphatic heterocycles. The van der Waals surface area contributed by atoms with Crippen LogP contribution < -0.4 is 9.64 Å². The van der Waals surface area contributed by atoms with E-state index in [0.717, 1.165) is 60.1 Å². The van der Waals surface area contributed by atoms with Crippen LogP contribution in [0.2, 0.25) is 0 Å². The lowest BCUT2D eigenvalue weighted by Crippen LogP contribution is -2.60. The quantitative estimate of drug-likeness (QED) is 0.663. The number of allylic oxidation sites excluding steroid dienone is 1. The standard InChI is InChI=1S/C29H30N2O5/c1-29(31-16-20(17-31)35-3)11-10-24-26(13-29)36-25-12-18(30-14-19(15-30)34-2)8-9-23(25)27(24)21-6-4-5-7-22(21)28(32)33/h4-13,19-20H,14-17H2,1-3H3,(H,32,33). The highest BCUT2D eigenvalue weighted by atomic mass is 16.5. The average Bonchev–Trinajstić information content (AvgIpc) is 2.81. The topological polar surface area (TPSA) is 71.5 Å². The van der Waals surface area contributed by atoms with Crippen LogP contribution in [0.1, 0.15) is 28.4 Å². The number of nitrogens with zero attached hydrogens (tertiary/aromatic N) is 2. The Morgan fingerprint density at radius 3 is 2.47 bits per heavy atom. The molecular weight excluding hydrogens is 456 g/mol. The number of carboxylic acids is 1. The number of fused-ring (bicyclic) bond motifs is 2. The fraction of sp³-hybridized carbons (Fsp3) is 0.345. The molecule has 36 heavy (non-hydrogen) atoms. The lowest BCUT2D eigenvalue weighted by molar-refractivity contribution is -0.0560. The van der Waals surface area contributed by atoms with Crippen LogP contribution in [-0.4, -0.2) is 74.1 Å². The number of hydrogen-bond donors (Lipinski definition) is 1. The van der Waals surface area contributed by atoms with Crippen molar-refractivity contribution in [2.75, 3.05) is 45.3 Å². The summed E-state index contributed by atoms with van der Waals surface area (Å²) in [6.45, 7) is 5.55. The van der Waals surface area contributed by atoms with Crippen molar-refractivity contribution in [1.82, 2.24) is 4.90 Å². The van der Waals surface area contributed by atoms with Gasteiger partial charge in [0.1, 0.15) is 11.5 Å². The fourth-order valence-electron chi connectivity index (χ4n) is 5.43. The molecule has 2 saturated heterocycles. The van der Waals surface area contributed by atoms with Crippen LogP contribution >= 0.6 is 0 Å². The van der Waals surface area contributed by atoms with Crippen molar-refractivity contribution in [2.24, 2.45) is 0 Å². The molecule has 2 aromatic carbocycles. The molecule has 0 amide bonds. The molecule has 0 spiro atoms. The summed E-state index contributed by atoms with van der Waals surface area (Å²) < 4.78 is 17.5. The number of benzene rings is 2. The molecule has 0 bridgehead atoms. The highest BCUT2D eigenvalue weighted by molar-refractivity contribution is 6.00. The molecule has 0 aromatic heterocycles. The predicted octanol–water partition coefficient (Wildman–Crippen LogP) is 3.96. The minimum Gasteiger partial charge on any atom is -0.478 e. The first-order valence-electron chi connectivity index (χ1n) is 12.3. The molecule has 7 nitrogen and oxygen atoms in total. The van der Waals surface area contributed by atoms with E-state index in [1.807, 2.05) is 18.2 Å². The molecule has 6 rings (SSSR count). The molecule has 1 atom stereocenters. The molecule has 2 fully saturated rings. The van der Waals surface area contributed by atoms with Crippen molar-refractivity contribution < 1.29 is 24.1 Å². The van der Waals surface area contributed by atoms with Crippen molar-refractivity contribution in [2.45, 2.75) is 24.7 Å². The van der Waals surface area contributed by atoms with Crippen molar-refractivity contribution in [3.8, 4) is 5.75 Å². The first kappa shape index (κ1) is 23.0. The normalized spacial score (nSPS) is 23.9. The number of carbonyl (C=O) groups is 1. The SMILES string of the molecule is COC1CN(c2ccc3c(c2)OC2=CC(C)(N4CC(OC)C4)C=CC2=C3c2ccccc2C(=O)O)C1. The maximum absolute atomic E-state index is 12.2. The largest absolute Gasteiger partial charge is 0.478 e. The highest BCUT2D eigenvalue weighted by Gasteiger charge is 2.41. The van der Waals surface area contributed by atoms with Crippen LogP contribution in [0.15, 0.2) is 72.0 Å². The van der Waals surface area contributed by atoms with Gasteiger partial charge in [-0.25, -0.2) is 4.79 Å². The molecular formula is C29H30N2O5. The number of likely N-dealkylation sites (tertiary alicyclic amines) is 1. The van der Waals surface area contributed by atoms with E-state index in [2.05, 4.69) is 47.1 Å². The van der Waals surface area contributed by atoms with Crippen LogP contribution in [0.5, 0.6) is 5.75 Å². The fourth-order valence-corrected chi connectivity index (χ4v) is 5.43. The number of methoxy groups -OCH3 is 2. The molecule has 1 N–H and O–H groups in total. The number of carboxylic acid groups (broad SMARTS) is 1. The maximum atomic E-state index is 12.2. The van der Waals surface area contributed by atoms with Gasteiger partial charge in [0.25, 0.3) is 0 Å². The first-order chi connectivity index (χ1) is 17.4. The number of rotatable bonds is 6. The summed E-state index contributed by atoms with van der Waals surface area (Å²) in [5.41, 5.74) is 4.37. The van der Waals surface area contributed by atoms with Crippen molar-refractivity contribution in [1.29, 1.82) is 0 Å². The van der Waals surface area contributed by atoms with E-state index in [1.165, 1.54) is 0 Å². The van der Waals surface area contributed by atoms with Gasteiger partial charge in [-0.2, -0.15) is 0 Å². The minimum atomic E-state index is -0.948. The van der Waals surface area contributed by atoms with Crippen LogP contribution in [0.4, 0.5) is 5.69 Å². The Labute approximate surface area is 210 Å². The third-order valence-corrected chi connectivity index (χ3v) is 7.84. The van der Waals surface area contributed by atoms with E-state index in [-0.39, 0.29) is 23.3 Å². The van der Waals surface area contributed by atoms with E-state index in [1.54, 1.807) is 26.4 Å². The van der Waals surface area contributed by atoms with Gasteiger partial charge in [-0.1, -0.05) is 30.4 Å². The van der Waals surface area contributed by atoms with Crippen LogP contribution in [0, 0.1) is 0 Å². The molecule has 0 radical (unpaired) electrons. The van der Waals surface area contributed by atoms with Gasteiger partial charge >= 0.3 is 5.97 Å². The summed E-state index contributed by atoms with van der Waals surface area (Å²) in [6, 6.07) is 13.4. The van der Waals surface area contributed by atoms with Crippen LogP contribution in [-0.2, 0) is 9.47 Å². The van der Waals surface area contributed by atoms with E-state index < -0.39 is 5.97 Å². The molecule has 1 unspecified atom stereocenters. The number of aromatic carboxylic acids is 1. The first-order valence-corrected chi connectivity index (χ1v) is 12.3. The summed E-state index contributed by atoms with van der Waals surface area (Å²) >= 11 is 0. The summed E-state index contributed by atoms with van der Waals surface area (Å²) in [5.74, 6) is 0.532. The zero-order chi connectivity index (χ0) is 25.0. The number of anilines is 1. The zero-order valence-electron chi connectivity index (χ0n) is 20.7. The lowest BCUT2D eigenvalue weighted by Gasteiger charge is -2.49. The van der Waals surface area contributed by atoms with Gasteiger partial charge in [-0.3, -0.25) is 4.90 Å². The zero-order valence-corrected chi connectivity index (χ0v) is 20.7. The van der Waals surface area contributed by atoms with Gasteiger partial charge in [-0.05, 0) is 36.8 Å². The Kier molecular flexibility index (Phi) is 5.52. The molecule has 186 valence electrons. The lowest BCUT2D eigenvalue weighted by atomic mass is 9.81. The minimum absolute atomic E-state index is 0.241. The van der Waals surface area contributed by atoms with Crippen LogP contribution in [0.25, 0.3) is 5.57 Å². The Balaban J connectivity index is 1.46. The summed E-state index contributed by atoms with van der Waals surface area (Å²) in [4.78, 5) is 16.8. The van der Waals surface area contributed by atoms with Crippen molar-refractivity contribution >= 4 is 17.2 Å². The molecule has 2 aromatic rings. The second-order valence-corrected chi connectivity index (χ2v) is 10.0. The average molecular weight is 487 g/mol. The second-order valence-electron chi connectivity index (χ2n) is 10.0.